The molecule has 3 aromatic carbocycles. The lowest BCUT2D eigenvalue weighted by molar-refractivity contribution is 0.0951. The summed E-state index contributed by atoms with van der Waals surface area (Å²) in [5.74, 6) is -0.144. The Morgan fingerprint density at radius 1 is 0.971 bits per heavy atom. The van der Waals surface area contributed by atoms with Crippen LogP contribution in [-0.2, 0) is 6.54 Å². The highest BCUT2D eigenvalue weighted by Crippen LogP contribution is 2.49. The van der Waals surface area contributed by atoms with Gasteiger partial charge in [0.2, 0.25) is 0 Å². The van der Waals surface area contributed by atoms with E-state index in [0.29, 0.717) is 15.6 Å². The molecule has 2 aliphatic rings. The van der Waals surface area contributed by atoms with Crippen molar-refractivity contribution >= 4 is 52.2 Å². The average molecular weight is 513 g/mol. The van der Waals surface area contributed by atoms with Crippen molar-refractivity contribution < 1.29 is 4.79 Å². The first-order chi connectivity index (χ1) is 16.5. The molecule has 5 rings (SSSR count). The van der Waals surface area contributed by atoms with E-state index in [1.807, 2.05) is 12.1 Å². The van der Waals surface area contributed by atoms with E-state index in [2.05, 4.69) is 52.4 Å². The quantitative estimate of drug-likeness (QED) is 0.385. The van der Waals surface area contributed by atoms with E-state index >= 15 is 0 Å². The minimum absolute atomic E-state index is 0.144. The number of para-hydroxylation sites is 1. The maximum Gasteiger partial charge on any atom is 0.251 e. The van der Waals surface area contributed by atoms with E-state index in [0.717, 1.165) is 35.8 Å². The molecule has 0 saturated carbocycles. The van der Waals surface area contributed by atoms with Gasteiger partial charge in [-0.25, -0.2) is 0 Å². The van der Waals surface area contributed by atoms with Gasteiger partial charge < -0.3 is 15.1 Å². The second kappa shape index (κ2) is 10.2. The highest BCUT2D eigenvalue weighted by atomic mass is 35.5. The summed E-state index contributed by atoms with van der Waals surface area (Å²) >= 11 is 14.3. The molecular formula is C27H27Cl2N3OS. The highest BCUT2D eigenvalue weighted by molar-refractivity contribution is 7.99. The average Bonchev–Trinajstić information content (AvgIpc) is 3.34. The fourth-order valence-corrected chi connectivity index (χ4v) is 6.37. The van der Waals surface area contributed by atoms with Crippen LogP contribution >= 0.6 is 35.0 Å². The predicted molar refractivity (Wildman–Crippen MR) is 142 cm³/mol. The number of rotatable bonds is 6. The normalized spacial score (nSPS) is 16.1. The first-order valence-electron chi connectivity index (χ1n) is 11.6. The fraction of sp³-hybridized carbons (Fsp3) is 0.296. The number of nitrogens with one attached hydrogen (secondary N) is 1. The molecule has 1 fully saturated rings. The number of amides is 1. The Labute approximate surface area is 215 Å². The van der Waals surface area contributed by atoms with Crippen LogP contribution in [0.1, 0.15) is 35.7 Å². The Hall–Kier alpha value is -2.18. The highest BCUT2D eigenvalue weighted by Gasteiger charge is 2.29. The molecule has 0 spiro atoms. The van der Waals surface area contributed by atoms with Gasteiger partial charge in [-0.15, -0.1) is 0 Å². The van der Waals surface area contributed by atoms with Crippen molar-refractivity contribution in [1.82, 2.24) is 10.2 Å². The summed E-state index contributed by atoms with van der Waals surface area (Å²) in [7, 11) is 0. The first-order valence-corrected chi connectivity index (χ1v) is 13.2. The van der Waals surface area contributed by atoms with Crippen LogP contribution < -0.4 is 10.2 Å². The summed E-state index contributed by atoms with van der Waals surface area (Å²) in [6.45, 7) is 5.88. The van der Waals surface area contributed by atoms with Crippen molar-refractivity contribution in [3.63, 3.8) is 0 Å². The summed E-state index contributed by atoms with van der Waals surface area (Å²) in [6.07, 6.45) is 2.55. The predicted octanol–water partition coefficient (Wildman–Crippen LogP) is 7.01. The summed E-state index contributed by atoms with van der Waals surface area (Å²) < 4.78 is 0. The number of hydrogen-bond donors (Lipinski definition) is 1. The van der Waals surface area contributed by atoms with Crippen molar-refractivity contribution in [1.29, 1.82) is 0 Å². The lowest BCUT2D eigenvalue weighted by atomic mass is 10.1. The molecule has 0 bridgehead atoms. The molecule has 7 heteroatoms. The molecule has 3 aromatic rings. The smallest absolute Gasteiger partial charge is 0.251 e. The largest absolute Gasteiger partial charge is 0.348 e. The van der Waals surface area contributed by atoms with Gasteiger partial charge in [-0.1, -0.05) is 53.2 Å². The van der Waals surface area contributed by atoms with E-state index < -0.39 is 0 Å². The monoisotopic (exact) mass is 511 g/mol. The fourth-order valence-electron chi connectivity index (χ4n) is 4.79. The van der Waals surface area contributed by atoms with Gasteiger partial charge >= 0.3 is 0 Å². The molecule has 1 atom stereocenters. The van der Waals surface area contributed by atoms with Crippen LogP contribution in [0.4, 0.5) is 11.4 Å². The minimum atomic E-state index is -0.144. The molecule has 0 aromatic heterocycles. The summed E-state index contributed by atoms with van der Waals surface area (Å²) in [5.41, 5.74) is 3.63. The molecular weight excluding hydrogens is 485 g/mol. The van der Waals surface area contributed by atoms with Gasteiger partial charge in [-0.05, 0) is 75.3 Å². The Bertz CT molecular complexity index is 1190. The topological polar surface area (TPSA) is 35.6 Å². The van der Waals surface area contributed by atoms with Crippen LogP contribution in [0.2, 0.25) is 10.0 Å². The zero-order chi connectivity index (χ0) is 23.7. The van der Waals surface area contributed by atoms with Crippen molar-refractivity contribution in [3.05, 3.63) is 81.8 Å². The number of carbonyl (C=O) groups excluding carboxylic acids is 1. The summed E-state index contributed by atoms with van der Waals surface area (Å²) in [4.78, 5) is 20.4. The maximum atomic E-state index is 13.1. The number of anilines is 2. The Morgan fingerprint density at radius 3 is 2.44 bits per heavy atom. The van der Waals surface area contributed by atoms with Crippen LogP contribution in [0.5, 0.6) is 0 Å². The maximum absolute atomic E-state index is 13.1. The van der Waals surface area contributed by atoms with Gasteiger partial charge in [0.1, 0.15) is 0 Å². The molecule has 176 valence electrons. The summed E-state index contributed by atoms with van der Waals surface area (Å²) in [5, 5.41) is 4.08. The number of likely N-dealkylation sites (tertiary alicyclic amines) is 1. The Morgan fingerprint density at radius 2 is 1.68 bits per heavy atom. The van der Waals surface area contributed by atoms with Crippen molar-refractivity contribution in [3.8, 4) is 0 Å². The van der Waals surface area contributed by atoms with Gasteiger partial charge in [0.25, 0.3) is 5.91 Å². The number of halogens is 2. The molecule has 0 unspecified atom stereocenters. The standard InChI is InChI=1S/C27H27Cl2N3OS/c1-18(17-31-13-4-5-14-31)32-23-9-2-3-10-25(23)34-26-12-11-19(15-24(26)32)27(33)30-16-20-21(28)7-6-8-22(20)29/h2-3,6-12,15,18H,4-5,13-14,16-17H2,1H3,(H,30,33)/t18-/m1/s1. The molecule has 0 aliphatic carbocycles. The zero-order valence-electron chi connectivity index (χ0n) is 19.1. The zero-order valence-corrected chi connectivity index (χ0v) is 21.4. The second-order valence-corrected chi connectivity index (χ2v) is 10.8. The van der Waals surface area contributed by atoms with E-state index in [4.69, 9.17) is 23.2 Å². The van der Waals surface area contributed by atoms with Gasteiger partial charge in [0.15, 0.2) is 0 Å². The second-order valence-electron chi connectivity index (χ2n) is 8.86. The van der Waals surface area contributed by atoms with Crippen molar-refractivity contribution in [2.45, 2.75) is 42.1 Å². The molecule has 1 saturated heterocycles. The third-order valence-electron chi connectivity index (χ3n) is 6.47. The molecule has 2 heterocycles. The molecule has 1 N–H and O–H groups in total. The number of hydrogen-bond acceptors (Lipinski definition) is 4. The molecule has 4 nitrogen and oxygen atoms in total. The summed E-state index contributed by atoms with van der Waals surface area (Å²) in [6, 6.07) is 20.1. The van der Waals surface area contributed by atoms with Gasteiger partial charge in [-0.2, -0.15) is 0 Å². The SMILES string of the molecule is C[C@H](CN1CCCC1)N1c2ccccc2Sc2ccc(C(=O)NCc3c(Cl)cccc3Cl)cc21. The van der Waals surface area contributed by atoms with Crippen molar-refractivity contribution in [2.24, 2.45) is 0 Å². The van der Waals surface area contributed by atoms with Gasteiger partial charge in [0, 0.05) is 50.1 Å². The number of nitrogens with zero attached hydrogens (tertiary/aromatic N) is 2. The van der Waals surface area contributed by atoms with Gasteiger partial charge in [-0.3, -0.25) is 4.79 Å². The number of carbonyl (C=O) groups is 1. The van der Waals surface area contributed by atoms with Crippen LogP contribution in [0.3, 0.4) is 0 Å². The van der Waals surface area contributed by atoms with E-state index in [9.17, 15) is 4.79 Å². The van der Waals surface area contributed by atoms with Crippen molar-refractivity contribution in [2.75, 3.05) is 24.5 Å². The van der Waals surface area contributed by atoms with Crippen LogP contribution in [0, 0.1) is 0 Å². The minimum Gasteiger partial charge on any atom is -0.348 e. The Balaban J connectivity index is 1.42. The molecule has 34 heavy (non-hydrogen) atoms. The molecule has 2 aliphatic heterocycles. The molecule has 1 amide bonds. The van der Waals surface area contributed by atoms with E-state index in [-0.39, 0.29) is 18.5 Å². The van der Waals surface area contributed by atoms with E-state index in [1.54, 1.807) is 30.0 Å². The third kappa shape index (κ3) is 4.80. The number of fused-ring (bicyclic) bond motifs is 2. The lowest BCUT2D eigenvalue weighted by Gasteiger charge is -2.39. The van der Waals surface area contributed by atoms with Crippen LogP contribution in [0.15, 0.2) is 70.5 Å². The van der Waals surface area contributed by atoms with Crippen LogP contribution in [-0.4, -0.2) is 36.5 Å². The third-order valence-corrected chi connectivity index (χ3v) is 8.31. The first kappa shape index (κ1) is 23.6. The number of benzene rings is 3. The van der Waals surface area contributed by atoms with E-state index in [1.165, 1.54) is 23.4 Å². The van der Waals surface area contributed by atoms with Crippen LogP contribution in [0.25, 0.3) is 0 Å². The van der Waals surface area contributed by atoms with Gasteiger partial charge in [0.05, 0.1) is 11.4 Å². The molecule has 0 radical (unpaired) electrons. The lowest BCUT2D eigenvalue weighted by Crippen LogP contribution is -2.40. The Kier molecular flexibility index (Phi) is 7.07.